The van der Waals surface area contributed by atoms with Gasteiger partial charge in [0.05, 0.1) is 38.8 Å². The van der Waals surface area contributed by atoms with Crippen molar-refractivity contribution in [2.75, 3.05) is 0 Å². The summed E-state index contributed by atoms with van der Waals surface area (Å²) < 4.78 is 7.14. The smallest absolute Gasteiger partial charge is 0.220 e. The Morgan fingerprint density at radius 2 is 1.31 bits per heavy atom. The van der Waals surface area contributed by atoms with Crippen LogP contribution < -0.4 is 0 Å². The second kappa shape index (κ2) is 8.60. The maximum atomic E-state index is 5.15. The topological polar surface area (TPSA) is 27.2 Å². The molecule has 5 aromatic carbocycles. The molecule has 3 aromatic heterocycles. The van der Waals surface area contributed by atoms with Crippen LogP contribution in [-0.2, 0) is 6.42 Å². The molecule has 0 atom stereocenters. The van der Waals surface area contributed by atoms with E-state index < -0.39 is 0 Å². The molecular weight excluding hydrogens is 476 g/mol. The van der Waals surface area contributed by atoms with E-state index in [2.05, 4.69) is 136 Å². The zero-order chi connectivity index (χ0) is 25.9. The summed E-state index contributed by atoms with van der Waals surface area (Å²) >= 11 is 0. The van der Waals surface area contributed by atoms with Crippen molar-refractivity contribution >= 4 is 49.7 Å². The van der Waals surface area contributed by atoms with E-state index >= 15 is 0 Å². The first-order valence-corrected chi connectivity index (χ1v) is 13.8. The zero-order valence-corrected chi connectivity index (χ0v) is 21.9. The molecule has 0 N–H and O–H groups in total. The molecular formula is C35H28N4. The highest BCUT2D eigenvalue weighted by atomic mass is 15.2. The number of nitrogens with zero attached hydrogens (tertiary/aromatic N) is 4. The van der Waals surface area contributed by atoms with Gasteiger partial charge in [-0.05, 0) is 60.9 Å². The molecule has 4 nitrogen and oxygen atoms in total. The van der Waals surface area contributed by atoms with Crippen LogP contribution in [0.3, 0.4) is 0 Å². The summed E-state index contributed by atoms with van der Waals surface area (Å²) in [5.74, 6) is 0.928. The van der Waals surface area contributed by atoms with E-state index in [-0.39, 0.29) is 0 Å². The van der Waals surface area contributed by atoms with Gasteiger partial charge in [0.1, 0.15) is 0 Å². The summed E-state index contributed by atoms with van der Waals surface area (Å²) in [6.07, 6.45) is 3.41. The monoisotopic (exact) mass is 504 g/mol. The van der Waals surface area contributed by atoms with Gasteiger partial charge in [0.25, 0.3) is 0 Å². The Morgan fingerprint density at radius 1 is 0.590 bits per heavy atom. The molecule has 0 radical (unpaired) electrons. The minimum Gasteiger partial charge on any atom is -0.307 e. The number of fused-ring (bicyclic) bond motifs is 8. The Balaban J connectivity index is 1.59. The van der Waals surface area contributed by atoms with Crippen molar-refractivity contribution in [1.29, 1.82) is 0 Å². The molecule has 0 unspecified atom stereocenters. The molecule has 3 heterocycles. The van der Waals surface area contributed by atoms with Crippen LogP contribution in [0.25, 0.3) is 61.0 Å². The maximum absolute atomic E-state index is 5.15. The molecule has 0 aliphatic carbocycles. The second-order valence-electron chi connectivity index (χ2n) is 10.3. The van der Waals surface area contributed by atoms with Crippen molar-refractivity contribution in [1.82, 2.24) is 18.5 Å². The predicted octanol–water partition coefficient (Wildman–Crippen LogP) is 8.87. The van der Waals surface area contributed by atoms with E-state index in [1.807, 2.05) is 0 Å². The van der Waals surface area contributed by atoms with E-state index in [1.54, 1.807) is 0 Å². The van der Waals surface area contributed by atoms with E-state index in [1.165, 1.54) is 45.9 Å². The van der Waals surface area contributed by atoms with Crippen molar-refractivity contribution in [3.63, 3.8) is 0 Å². The number of benzene rings is 5. The molecule has 0 amide bonds. The van der Waals surface area contributed by atoms with Gasteiger partial charge >= 0.3 is 0 Å². The van der Waals surface area contributed by atoms with E-state index in [0.29, 0.717) is 0 Å². The van der Waals surface area contributed by atoms with Crippen molar-refractivity contribution < 1.29 is 0 Å². The first-order chi connectivity index (χ1) is 19.3. The van der Waals surface area contributed by atoms with Gasteiger partial charge in [-0.15, -0.1) is 0 Å². The van der Waals surface area contributed by atoms with Gasteiger partial charge in [-0.1, -0.05) is 86.1 Å². The number of aryl methyl sites for hydroxylation is 1. The average molecular weight is 505 g/mol. The number of rotatable bonds is 5. The number of hydrogen-bond acceptors (Lipinski definition) is 1. The Bertz CT molecular complexity index is 2160. The zero-order valence-electron chi connectivity index (χ0n) is 21.9. The highest BCUT2D eigenvalue weighted by Gasteiger charge is 2.23. The third kappa shape index (κ3) is 3.15. The molecule has 0 bridgehead atoms. The Morgan fingerprint density at radius 3 is 2.18 bits per heavy atom. The third-order valence-corrected chi connectivity index (χ3v) is 8.03. The molecule has 0 saturated heterocycles. The minimum absolute atomic E-state index is 0.928. The van der Waals surface area contributed by atoms with E-state index in [0.717, 1.165) is 40.0 Å². The van der Waals surface area contributed by atoms with Gasteiger partial charge in [-0.3, -0.25) is 8.97 Å². The van der Waals surface area contributed by atoms with Crippen molar-refractivity contribution in [3.8, 4) is 11.4 Å². The summed E-state index contributed by atoms with van der Waals surface area (Å²) in [4.78, 5) is 5.15. The van der Waals surface area contributed by atoms with Crippen LogP contribution in [-0.4, -0.2) is 18.5 Å². The van der Waals surface area contributed by atoms with E-state index in [4.69, 9.17) is 4.98 Å². The molecule has 39 heavy (non-hydrogen) atoms. The first kappa shape index (κ1) is 22.2. The van der Waals surface area contributed by atoms with Gasteiger partial charge in [0.15, 0.2) is 0 Å². The average Bonchev–Trinajstić information content (AvgIpc) is 3.64. The predicted molar refractivity (Wildman–Crippen MR) is 162 cm³/mol. The highest BCUT2D eigenvalue weighted by molar-refractivity contribution is 6.11. The fourth-order valence-corrected chi connectivity index (χ4v) is 6.34. The van der Waals surface area contributed by atoms with Crippen LogP contribution in [0.15, 0.2) is 115 Å². The number of imidazole rings is 2. The fraction of sp³-hybridized carbons (Fsp3) is 0.114. The quantitative estimate of drug-likeness (QED) is 0.230. The number of unbranched alkanes of at least 4 members (excludes halogenated alkanes) is 1. The van der Waals surface area contributed by atoms with Gasteiger partial charge in [0, 0.05) is 16.5 Å². The normalized spacial score (nSPS) is 12.0. The summed E-state index contributed by atoms with van der Waals surface area (Å²) in [5, 5.41) is 2.60. The largest absolute Gasteiger partial charge is 0.307 e. The third-order valence-electron chi connectivity index (χ3n) is 8.03. The lowest BCUT2D eigenvalue weighted by atomic mass is 10.0. The Kier molecular flexibility index (Phi) is 4.89. The summed E-state index contributed by atoms with van der Waals surface area (Å²) in [6, 6.07) is 41.4. The molecule has 8 rings (SSSR count). The Hall–Kier alpha value is -4.83. The highest BCUT2D eigenvalue weighted by Crippen LogP contribution is 2.39. The van der Waals surface area contributed by atoms with Gasteiger partial charge in [-0.25, -0.2) is 4.98 Å². The van der Waals surface area contributed by atoms with Crippen molar-refractivity contribution in [2.24, 2.45) is 0 Å². The fourth-order valence-electron chi connectivity index (χ4n) is 6.34. The molecule has 8 aromatic rings. The van der Waals surface area contributed by atoms with Crippen molar-refractivity contribution in [2.45, 2.75) is 26.2 Å². The lowest BCUT2D eigenvalue weighted by molar-refractivity contribution is 0.797. The molecule has 188 valence electrons. The molecule has 0 aliphatic rings. The first-order valence-electron chi connectivity index (χ1n) is 13.8. The van der Waals surface area contributed by atoms with Crippen LogP contribution in [0.5, 0.6) is 0 Å². The van der Waals surface area contributed by atoms with Gasteiger partial charge < -0.3 is 4.57 Å². The second-order valence-corrected chi connectivity index (χ2v) is 10.3. The molecule has 4 heteroatoms. The van der Waals surface area contributed by atoms with Crippen LogP contribution in [0.2, 0.25) is 0 Å². The standard InChI is InChI=1S/C35H28N4/c1-2-3-13-24-14-11-18-27-26-17-7-9-20-29(26)38(33(24)27)31-22-12-23-32-34(31)37(25-15-5-4-6-16-25)35-36-28-19-8-10-21-30(28)39(32)35/h4-12,14-23H,2-3,13H2,1H3. The lowest BCUT2D eigenvalue weighted by Gasteiger charge is -2.15. The SMILES string of the molecule is CCCCc1cccc2c3ccccc3n(-c3cccc4c3n(-c3ccccc3)c3nc5ccccc5n43)c12. The van der Waals surface area contributed by atoms with Crippen LogP contribution in [0.1, 0.15) is 25.3 Å². The van der Waals surface area contributed by atoms with Gasteiger partial charge in [0.2, 0.25) is 5.78 Å². The summed E-state index contributed by atoms with van der Waals surface area (Å²) in [5.41, 5.74) is 10.6. The maximum Gasteiger partial charge on any atom is 0.220 e. The van der Waals surface area contributed by atoms with Crippen LogP contribution in [0, 0.1) is 0 Å². The minimum atomic E-state index is 0.928. The summed E-state index contributed by atoms with van der Waals surface area (Å²) in [6.45, 7) is 2.27. The van der Waals surface area contributed by atoms with Gasteiger partial charge in [-0.2, -0.15) is 0 Å². The van der Waals surface area contributed by atoms with Crippen LogP contribution >= 0.6 is 0 Å². The molecule has 0 spiro atoms. The van der Waals surface area contributed by atoms with Crippen molar-refractivity contribution in [3.05, 3.63) is 121 Å². The Labute approximate surface area is 226 Å². The molecule has 0 fully saturated rings. The lowest BCUT2D eigenvalue weighted by Crippen LogP contribution is -2.02. The molecule has 0 saturated carbocycles. The summed E-state index contributed by atoms with van der Waals surface area (Å²) in [7, 11) is 0. The number of hydrogen-bond donors (Lipinski definition) is 0. The van der Waals surface area contributed by atoms with E-state index in [9.17, 15) is 0 Å². The van der Waals surface area contributed by atoms with Crippen LogP contribution in [0.4, 0.5) is 0 Å². The number of aromatic nitrogens is 4. The number of para-hydroxylation sites is 6. The molecule has 0 aliphatic heterocycles.